The number of hydrogen-bond donors (Lipinski definition) is 5. The molecule has 4 rings (SSSR count). The number of phenolic OH excluding ortho intramolecular Hbond substituents is 4. The topological polar surface area (TPSA) is 135 Å². The minimum Gasteiger partial charge on any atom is -1.00 e. The molecule has 0 heterocycles. The molecule has 0 radical (unpaired) electrons. The monoisotopic (exact) mass is 1080 g/mol. The summed E-state index contributed by atoms with van der Waals surface area (Å²) in [5.74, 6) is 5.33. The van der Waals surface area contributed by atoms with Crippen LogP contribution in [0.4, 0.5) is 0 Å². The second-order valence-electron chi connectivity index (χ2n) is 20.2. The number of quaternary nitrogens is 1. The van der Waals surface area contributed by atoms with Crippen molar-refractivity contribution >= 4 is 11.6 Å². The number of nitrogens with zero attached hydrogens (tertiary/aromatic N) is 4. The Bertz CT molecular complexity index is 1920. The minimum atomic E-state index is -0.107. The Morgan fingerprint density at radius 3 is 0.905 bits per heavy atom. The van der Waals surface area contributed by atoms with Gasteiger partial charge < -0.3 is 76.3 Å². The Balaban J connectivity index is -0.00000132. The van der Waals surface area contributed by atoms with E-state index in [1.54, 1.807) is 12.1 Å². The molecule has 13 nitrogen and oxygen atoms in total. The summed E-state index contributed by atoms with van der Waals surface area (Å²) >= 11 is 5.38. The van der Waals surface area contributed by atoms with Gasteiger partial charge in [-0.15, -0.1) is 11.6 Å². The van der Waals surface area contributed by atoms with Crippen LogP contribution in [-0.2, 0) is 25.7 Å². The molecular formula is C59H103Cl2N5O8. The maximum Gasteiger partial charge on any atom is 0.161 e. The first-order valence-corrected chi connectivity index (χ1v) is 25.3. The van der Waals surface area contributed by atoms with Crippen LogP contribution in [0.15, 0.2) is 72.8 Å². The number of aromatic hydroxyl groups is 4. The highest BCUT2D eigenvalue weighted by atomic mass is 35.5. The number of phenols is 4. The van der Waals surface area contributed by atoms with Crippen molar-refractivity contribution < 1.29 is 56.7 Å². The number of hydrogen-bond acceptors (Lipinski definition) is 12. The first kappa shape index (κ1) is 73.9. The lowest BCUT2D eigenvalue weighted by Crippen LogP contribution is -3.06. The van der Waals surface area contributed by atoms with Gasteiger partial charge in [-0.3, -0.25) is 0 Å². The highest BCUT2D eigenvalue weighted by molar-refractivity contribution is 6.17. The number of rotatable bonds is 28. The number of benzene rings is 4. The maximum atomic E-state index is 9.54. The Kier molecular flexibility index (Phi) is 39.9. The Hall–Kier alpha value is -4.34. The summed E-state index contributed by atoms with van der Waals surface area (Å²) < 4.78 is 24.5. The maximum absolute atomic E-state index is 9.54. The molecule has 0 spiro atoms. The van der Waals surface area contributed by atoms with Crippen molar-refractivity contribution in [2.45, 2.75) is 75.7 Å². The normalized spacial score (nSPS) is 12.4. The molecule has 0 fully saturated rings. The van der Waals surface area contributed by atoms with E-state index < -0.39 is 0 Å². The molecule has 426 valence electrons. The third-order valence-corrected chi connectivity index (χ3v) is 12.2. The van der Waals surface area contributed by atoms with Crippen LogP contribution >= 0.6 is 11.6 Å². The average molecular weight is 1080 g/mol. The molecule has 0 aliphatic rings. The smallest absolute Gasteiger partial charge is 0.161 e. The summed E-state index contributed by atoms with van der Waals surface area (Å²) in [6.45, 7) is 15.9. The predicted octanol–water partition coefficient (Wildman–Crippen LogP) is 6.35. The second-order valence-corrected chi connectivity index (χ2v) is 20.6. The summed E-state index contributed by atoms with van der Waals surface area (Å²) in [5.41, 5.74) is 4.49. The Labute approximate surface area is 461 Å². The van der Waals surface area contributed by atoms with Gasteiger partial charge in [-0.1, -0.05) is 74.2 Å². The highest BCUT2D eigenvalue weighted by Gasteiger charge is 2.19. The first-order chi connectivity index (χ1) is 33.1. The summed E-state index contributed by atoms with van der Waals surface area (Å²) in [6, 6.07) is 22.6. The minimum absolute atomic E-state index is 0. The molecule has 0 saturated carbocycles. The largest absolute Gasteiger partial charge is 1.00 e. The molecule has 74 heavy (non-hydrogen) atoms. The van der Waals surface area contributed by atoms with Crippen molar-refractivity contribution in [3.8, 4) is 46.0 Å². The lowest BCUT2D eigenvalue weighted by molar-refractivity contribution is -0.855. The Morgan fingerprint density at radius 2 is 0.676 bits per heavy atom. The van der Waals surface area contributed by atoms with Gasteiger partial charge in [0.1, 0.15) is 26.4 Å². The van der Waals surface area contributed by atoms with Gasteiger partial charge in [0, 0.05) is 26.2 Å². The van der Waals surface area contributed by atoms with Crippen molar-refractivity contribution in [1.29, 1.82) is 0 Å². The molecule has 15 heteroatoms. The standard InChI is InChI=1S/C34H58N4O4.C18H22O4.C4H10ClN.3CH4.ClH/c1-27(23-29-11-13-31(39-19-15-35(3)4)33(25-29)41-21-17-37(7)8)28(2)24-30-12-14-32(40-20-16-36(5)6)34(26-30)42-22-18-38(9)10;1-11(7-13-3-5-15(19)17(21)9-13)12(2)8-14-4-6-16(20)18(22)10-14;1-6(2)4-3-5;;;;/h11-14,25-28H,15-24H2,1-10H3;3-6,9-12,19-22H,7-8H2,1-2H3;3-4H2,1-2H3;3*1H4;1H/t27-,28+;11-,12+;;;;;. The Morgan fingerprint density at radius 1 is 0.419 bits per heavy atom. The van der Waals surface area contributed by atoms with E-state index in [-0.39, 0.29) is 57.7 Å². The molecule has 0 aromatic heterocycles. The van der Waals surface area contributed by atoms with E-state index in [4.69, 9.17) is 30.5 Å². The van der Waals surface area contributed by atoms with Crippen LogP contribution in [-0.4, -0.2) is 176 Å². The molecule has 5 N–H and O–H groups in total. The number of likely N-dealkylation sites (N-methyl/N-ethyl adjacent to an activating group) is 4. The molecule has 4 aromatic rings. The van der Waals surface area contributed by atoms with Crippen molar-refractivity contribution in [1.82, 2.24) is 19.6 Å². The van der Waals surface area contributed by atoms with E-state index in [9.17, 15) is 20.4 Å². The summed E-state index contributed by atoms with van der Waals surface area (Å²) in [7, 11) is 20.6. The number of alkyl halides is 1. The van der Waals surface area contributed by atoms with E-state index in [2.05, 4.69) is 154 Å². The quantitative estimate of drug-likeness (QED) is 0.0321. The van der Waals surface area contributed by atoms with Crippen LogP contribution in [0.25, 0.3) is 0 Å². The van der Waals surface area contributed by atoms with E-state index >= 15 is 0 Å². The highest BCUT2D eigenvalue weighted by Crippen LogP contribution is 2.34. The number of ether oxygens (including phenoxy) is 4. The fourth-order valence-electron chi connectivity index (χ4n) is 7.05. The molecular weight excluding hydrogens is 978 g/mol. The zero-order valence-electron chi connectivity index (χ0n) is 45.6. The van der Waals surface area contributed by atoms with Crippen LogP contribution in [0.2, 0.25) is 0 Å². The van der Waals surface area contributed by atoms with Gasteiger partial charge in [0.15, 0.2) is 46.0 Å². The van der Waals surface area contributed by atoms with Crippen molar-refractivity contribution in [3.63, 3.8) is 0 Å². The zero-order valence-corrected chi connectivity index (χ0v) is 47.1. The molecule has 0 bridgehead atoms. The van der Waals surface area contributed by atoms with Crippen LogP contribution in [0.5, 0.6) is 46.0 Å². The van der Waals surface area contributed by atoms with Crippen LogP contribution in [0.1, 0.15) is 72.2 Å². The summed E-state index contributed by atoms with van der Waals surface area (Å²) in [5, 5.41) is 37.8. The van der Waals surface area contributed by atoms with Gasteiger partial charge in [-0.2, -0.15) is 0 Å². The molecule has 4 atom stereocenters. The van der Waals surface area contributed by atoms with Gasteiger partial charge in [-0.05, 0) is 177 Å². The average Bonchev–Trinajstić information content (AvgIpc) is 3.27. The van der Waals surface area contributed by atoms with Crippen molar-refractivity contribution in [2.75, 3.05) is 136 Å². The van der Waals surface area contributed by atoms with E-state index in [0.717, 1.165) is 98.4 Å². The van der Waals surface area contributed by atoms with Crippen LogP contribution in [0, 0.1) is 23.7 Å². The lowest BCUT2D eigenvalue weighted by atomic mass is 9.85. The van der Waals surface area contributed by atoms with Crippen LogP contribution in [0.3, 0.4) is 0 Å². The number of nitrogens with one attached hydrogen (secondary N) is 1. The third kappa shape index (κ3) is 30.9. The van der Waals surface area contributed by atoms with E-state index in [1.165, 1.54) is 28.2 Å². The second kappa shape index (κ2) is 40.0. The van der Waals surface area contributed by atoms with Gasteiger partial charge in [0.05, 0.1) is 26.5 Å². The first-order valence-electron chi connectivity index (χ1n) is 24.8. The predicted molar refractivity (Wildman–Crippen MR) is 309 cm³/mol. The molecule has 0 unspecified atom stereocenters. The third-order valence-electron chi connectivity index (χ3n) is 12.0. The zero-order chi connectivity index (χ0) is 52.3. The molecule has 0 saturated heterocycles. The van der Waals surface area contributed by atoms with Gasteiger partial charge in [-0.25, -0.2) is 0 Å². The number of halogens is 2. The van der Waals surface area contributed by atoms with Gasteiger partial charge in [0.25, 0.3) is 0 Å². The summed E-state index contributed by atoms with van der Waals surface area (Å²) in [4.78, 5) is 9.90. The molecule has 0 aliphatic heterocycles. The van der Waals surface area contributed by atoms with E-state index in [1.807, 2.05) is 12.1 Å². The lowest BCUT2D eigenvalue weighted by Gasteiger charge is -2.22. The van der Waals surface area contributed by atoms with Crippen molar-refractivity contribution in [2.24, 2.45) is 23.7 Å². The molecule has 0 aliphatic carbocycles. The van der Waals surface area contributed by atoms with Gasteiger partial charge >= 0.3 is 0 Å². The SMILES string of the molecule is C.C.C.C[C@H](Cc1ccc(O)c(O)c1)[C@@H](C)Cc1ccc(O)c(O)c1.C[C@H](Cc1ccc(OCCN(C)C)c(OCCN(C)C)c1)[C@@H](C)Cc1ccc(OCCN(C)C)c(OCCN(C)C)c1.C[NH+](C)CCCl.[Cl-]. The molecule has 0 amide bonds. The summed E-state index contributed by atoms with van der Waals surface area (Å²) in [6.07, 6.45) is 3.53. The molecule has 4 aromatic carbocycles. The van der Waals surface area contributed by atoms with Crippen molar-refractivity contribution in [3.05, 3.63) is 95.1 Å². The van der Waals surface area contributed by atoms with Crippen LogP contribution < -0.4 is 36.3 Å². The van der Waals surface area contributed by atoms with Gasteiger partial charge in [0.2, 0.25) is 0 Å². The fourth-order valence-corrected chi connectivity index (χ4v) is 7.43. The van der Waals surface area contributed by atoms with E-state index in [0.29, 0.717) is 50.1 Å². The fraction of sp³-hybridized carbons (Fsp3) is 0.593.